The average Bonchev–Trinajstić information content (AvgIpc) is 2.76. The Balaban J connectivity index is 0.000000242. The van der Waals surface area contributed by atoms with E-state index in [-0.39, 0.29) is 5.41 Å². The van der Waals surface area contributed by atoms with Crippen LogP contribution in [0.25, 0.3) is 11.1 Å². The molecule has 1 heteroatoms. The Bertz CT molecular complexity index is 782. The number of hydrogen-bond acceptors (Lipinski definition) is 1. The van der Waals surface area contributed by atoms with Crippen molar-refractivity contribution in [2.45, 2.75) is 40.0 Å². The van der Waals surface area contributed by atoms with Crippen molar-refractivity contribution >= 4 is 0 Å². The zero-order chi connectivity index (χ0) is 18.6. The molecule has 2 N–H and O–H groups in total. The molecule has 1 aliphatic rings. The van der Waals surface area contributed by atoms with Crippen molar-refractivity contribution in [2.75, 3.05) is 0 Å². The molecule has 25 heavy (non-hydrogen) atoms. The quantitative estimate of drug-likeness (QED) is 0.651. The molecule has 0 radical (unpaired) electrons. The van der Waals surface area contributed by atoms with Crippen LogP contribution >= 0.6 is 0 Å². The summed E-state index contributed by atoms with van der Waals surface area (Å²) in [6.45, 7) is 14.4. The van der Waals surface area contributed by atoms with Crippen LogP contribution in [0.15, 0.2) is 73.0 Å². The normalized spacial score (nSPS) is 14.5. The molecular weight excluding hydrogens is 302 g/mol. The summed E-state index contributed by atoms with van der Waals surface area (Å²) in [7, 11) is 0. The maximum Gasteiger partial charge on any atom is 0.0310 e. The third-order valence-corrected chi connectivity index (χ3v) is 4.66. The van der Waals surface area contributed by atoms with Crippen LogP contribution in [0.5, 0.6) is 0 Å². The Morgan fingerprint density at radius 2 is 1.44 bits per heavy atom. The Morgan fingerprint density at radius 3 is 1.84 bits per heavy atom. The highest BCUT2D eigenvalue weighted by atomic mass is 14.5. The monoisotopic (exact) mass is 331 g/mol. The molecule has 130 valence electrons. The summed E-state index contributed by atoms with van der Waals surface area (Å²) in [5.74, 6) is 0. The first kappa shape index (κ1) is 18.8. The summed E-state index contributed by atoms with van der Waals surface area (Å²) in [4.78, 5) is 0. The summed E-state index contributed by atoms with van der Waals surface area (Å²) in [5, 5.41) is 0. The van der Waals surface area contributed by atoms with Crippen LogP contribution in [0.4, 0.5) is 0 Å². The van der Waals surface area contributed by atoms with E-state index in [1.165, 1.54) is 33.4 Å². The van der Waals surface area contributed by atoms with Crippen molar-refractivity contribution in [3.8, 4) is 11.1 Å². The fraction of sp³-hybridized carbons (Fsp3) is 0.250. The van der Waals surface area contributed by atoms with Crippen molar-refractivity contribution in [2.24, 2.45) is 5.73 Å². The van der Waals surface area contributed by atoms with E-state index in [2.05, 4.69) is 70.7 Å². The molecule has 3 rings (SSSR count). The summed E-state index contributed by atoms with van der Waals surface area (Å²) in [6, 6.07) is 13.6. The largest absolute Gasteiger partial charge is 0.399 e. The molecule has 0 fully saturated rings. The summed E-state index contributed by atoms with van der Waals surface area (Å²) < 4.78 is 0. The smallest absolute Gasteiger partial charge is 0.0310 e. The van der Waals surface area contributed by atoms with Gasteiger partial charge in [-0.15, -0.1) is 0 Å². The Morgan fingerprint density at radius 1 is 0.960 bits per heavy atom. The lowest BCUT2D eigenvalue weighted by Gasteiger charge is -2.22. The number of allylic oxidation sites excluding steroid dienone is 4. The topological polar surface area (TPSA) is 26.0 Å². The Hall–Kier alpha value is -2.54. The average molecular weight is 332 g/mol. The van der Waals surface area contributed by atoms with Gasteiger partial charge < -0.3 is 5.73 Å². The van der Waals surface area contributed by atoms with Gasteiger partial charge in [0.05, 0.1) is 0 Å². The molecule has 0 unspecified atom stereocenters. The molecule has 0 aliphatic heterocycles. The van der Waals surface area contributed by atoms with E-state index in [1.807, 2.05) is 19.1 Å². The van der Waals surface area contributed by atoms with Crippen LogP contribution in [0.3, 0.4) is 0 Å². The molecule has 1 nitrogen and oxygen atoms in total. The lowest BCUT2D eigenvalue weighted by atomic mass is 9.81. The molecule has 0 saturated carbocycles. The van der Waals surface area contributed by atoms with Gasteiger partial charge in [-0.25, -0.2) is 0 Å². The highest BCUT2D eigenvalue weighted by Gasteiger charge is 2.35. The van der Waals surface area contributed by atoms with E-state index in [1.54, 1.807) is 12.2 Å². The highest BCUT2D eigenvalue weighted by Crippen LogP contribution is 2.48. The Labute approximate surface area is 152 Å². The van der Waals surface area contributed by atoms with E-state index in [4.69, 9.17) is 5.73 Å². The predicted octanol–water partition coefficient (Wildman–Crippen LogP) is 6.20. The molecule has 0 saturated heterocycles. The molecule has 0 bridgehead atoms. The molecule has 0 spiro atoms. The van der Waals surface area contributed by atoms with Gasteiger partial charge in [-0.3, -0.25) is 0 Å². The van der Waals surface area contributed by atoms with Gasteiger partial charge in [0.15, 0.2) is 0 Å². The fourth-order valence-electron chi connectivity index (χ4n) is 3.35. The Kier molecular flexibility index (Phi) is 5.69. The third kappa shape index (κ3) is 3.93. The van der Waals surface area contributed by atoms with Crippen LogP contribution in [0.1, 0.15) is 43.0 Å². The van der Waals surface area contributed by atoms with Crippen LogP contribution in [0.2, 0.25) is 0 Å². The first-order valence-electron chi connectivity index (χ1n) is 8.74. The van der Waals surface area contributed by atoms with Gasteiger partial charge in [0.25, 0.3) is 0 Å². The van der Waals surface area contributed by atoms with Crippen LogP contribution < -0.4 is 5.73 Å². The predicted molar refractivity (Wildman–Crippen MR) is 111 cm³/mol. The summed E-state index contributed by atoms with van der Waals surface area (Å²) in [6.07, 6.45) is 7.12. The maximum absolute atomic E-state index is 5.40. The number of nitrogens with two attached hydrogens (primary N) is 1. The minimum absolute atomic E-state index is 0.142. The molecular formula is C24H29N. The molecule has 0 aromatic heterocycles. The minimum atomic E-state index is 0.142. The van der Waals surface area contributed by atoms with Crippen LogP contribution in [0, 0.1) is 13.8 Å². The second-order valence-electron chi connectivity index (χ2n) is 7.13. The second-order valence-corrected chi connectivity index (χ2v) is 7.13. The third-order valence-electron chi connectivity index (χ3n) is 4.66. The van der Waals surface area contributed by atoms with E-state index >= 15 is 0 Å². The first-order valence-corrected chi connectivity index (χ1v) is 8.74. The molecule has 2 aromatic rings. The highest BCUT2D eigenvalue weighted by molar-refractivity contribution is 5.81. The summed E-state index contributed by atoms with van der Waals surface area (Å²) in [5.41, 5.74) is 14.7. The number of rotatable bonds is 2. The van der Waals surface area contributed by atoms with Crippen molar-refractivity contribution in [3.05, 3.63) is 95.2 Å². The van der Waals surface area contributed by atoms with Gasteiger partial charge in [0.2, 0.25) is 0 Å². The summed E-state index contributed by atoms with van der Waals surface area (Å²) >= 11 is 0. The second kappa shape index (κ2) is 7.57. The van der Waals surface area contributed by atoms with E-state index in [0.717, 1.165) is 5.70 Å². The van der Waals surface area contributed by atoms with Gasteiger partial charge in [0, 0.05) is 11.1 Å². The standard InChI is InChI=1S/C17H18.C7H11N/c1-11-5-7-13-14-8-6-12(2)10-16(14)17(3,4)15(13)9-11;1-3-5-7(8)6-4-2/h5-10H,1-4H3;3-6H,1,8H2,2H3/b;6-4-,7-5+. The zero-order valence-corrected chi connectivity index (χ0v) is 16.1. The van der Waals surface area contributed by atoms with Gasteiger partial charge in [-0.2, -0.15) is 0 Å². The number of fused-ring (bicyclic) bond motifs is 3. The maximum atomic E-state index is 5.40. The molecule has 0 amide bonds. The first-order chi connectivity index (χ1) is 11.8. The SMILES string of the molecule is C=C/C=C(N)\C=C/C.Cc1ccc2c(c1)C(C)(C)c1cc(C)ccc1-2. The van der Waals surface area contributed by atoms with Gasteiger partial charge in [-0.1, -0.05) is 80.1 Å². The van der Waals surface area contributed by atoms with Crippen molar-refractivity contribution < 1.29 is 0 Å². The lowest BCUT2D eigenvalue weighted by Crippen LogP contribution is -2.15. The van der Waals surface area contributed by atoms with Crippen LogP contribution in [-0.2, 0) is 5.41 Å². The van der Waals surface area contributed by atoms with Crippen molar-refractivity contribution in [1.82, 2.24) is 0 Å². The van der Waals surface area contributed by atoms with E-state index in [0.29, 0.717) is 0 Å². The van der Waals surface area contributed by atoms with E-state index in [9.17, 15) is 0 Å². The van der Waals surface area contributed by atoms with Crippen LogP contribution in [-0.4, -0.2) is 0 Å². The molecule has 0 heterocycles. The minimum Gasteiger partial charge on any atom is -0.399 e. The number of hydrogen-bond donors (Lipinski definition) is 1. The van der Waals surface area contributed by atoms with Crippen molar-refractivity contribution in [3.63, 3.8) is 0 Å². The molecule has 2 aromatic carbocycles. The van der Waals surface area contributed by atoms with Gasteiger partial charge >= 0.3 is 0 Å². The van der Waals surface area contributed by atoms with Gasteiger partial charge in [0.1, 0.15) is 0 Å². The lowest BCUT2D eigenvalue weighted by molar-refractivity contribution is 0.659. The zero-order valence-electron chi connectivity index (χ0n) is 16.1. The van der Waals surface area contributed by atoms with Crippen molar-refractivity contribution in [1.29, 1.82) is 0 Å². The number of benzene rings is 2. The van der Waals surface area contributed by atoms with E-state index < -0.39 is 0 Å². The molecule has 0 atom stereocenters. The molecule has 1 aliphatic carbocycles. The number of aryl methyl sites for hydroxylation is 2. The fourth-order valence-corrected chi connectivity index (χ4v) is 3.35. The van der Waals surface area contributed by atoms with Gasteiger partial charge in [-0.05, 0) is 55.2 Å².